The van der Waals surface area contributed by atoms with Crippen molar-refractivity contribution in [1.82, 2.24) is 4.90 Å². The van der Waals surface area contributed by atoms with Gasteiger partial charge in [0.05, 0.1) is 5.92 Å². The van der Waals surface area contributed by atoms with E-state index in [9.17, 15) is 22.8 Å². The third-order valence-corrected chi connectivity index (χ3v) is 2.64. The summed E-state index contributed by atoms with van der Waals surface area (Å²) < 4.78 is 37.0. The molecule has 1 amide bonds. The fourth-order valence-corrected chi connectivity index (χ4v) is 1.68. The third-order valence-electron chi connectivity index (χ3n) is 2.64. The average Bonchev–Trinajstić information content (AvgIpc) is 2.25. The fourth-order valence-electron chi connectivity index (χ4n) is 1.68. The molecule has 0 radical (unpaired) electrons. The number of carboxylic acid groups (broad SMARTS) is 1. The Morgan fingerprint density at radius 2 is 1.71 bits per heavy atom. The van der Waals surface area contributed by atoms with Crippen molar-refractivity contribution in [2.45, 2.75) is 19.0 Å². The lowest BCUT2D eigenvalue weighted by Crippen LogP contribution is -2.41. The van der Waals surface area contributed by atoms with E-state index in [1.54, 1.807) is 0 Å². The Morgan fingerprint density at radius 3 is 2.12 bits per heavy atom. The van der Waals surface area contributed by atoms with Crippen LogP contribution in [-0.2, 0) is 9.59 Å². The van der Waals surface area contributed by atoms with Crippen LogP contribution >= 0.6 is 0 Å². The first-order valence-electron chi connectivity index (χ1n) is 5.07. The first kappa shape index (κ1) is 13.5. The molecular formula is C10H12F3NO3. The van der Waals surface area contributed by atoms with E-state index >= 15 is 0 Å². The van der Waals surface area contributed by atoms with Crippen LogP contribution in [0.3, 0.4) is 0 Å². The summed E-state index contributed by atoms with van der Waals surface area (Å²) in [4.78, 5) is 22.7. The molecule has 0 saturated carbocycles. The molecule has 0 aromatic heterocycles. The molecule has 0 aromatic rings. The van der Waals surface area contributed by atoms with Crippen LogP contribution in [0.5, 0.6) is 0 Å². The molecule has 0 bridgehead atoms. The number of halogens is 3. The standard InChI is InChI=1S/C10H12F3NO3/c11-10(12,13)7-3-5-14(6-4-7)8(15)1-2-9(16)17/h1-2,7H,3-6H2,(H,16,17)/b2-1+. The Morgan fingerprint density at radius 1 is 1.18 bits per heavy atom. The first-order chi connectivity index (χ1) is 7.80. The highest BCUT2D eigenvalue weighted by Gasteiger charge is 2.41. The molecule has 4 nitrogen and oxygen atoms in total. The van der Waals surface area contributed by atoms with Crippen LogP contribution in [-0.4, -0.2) is 41.1 Å². The van der Waals surface area contributed by atoms with Gasteiger partial charge in [-0.2, -0.15) is 13.2 Å². The maximum absolute atomic E-state index is 12.3. The molecule has 0 atom stereocenters. The lowest BCUT2D eigenvalue weighted by molar-refractivity contribution is -0.186. The second kappa shape index (κ2) is 5.20. The maximum atomic E-state index is 12.3. The molecule has 0 unspecified atom stereocenters. The minimum Gasteiger partial charge on any atom is -0.478 e. The van der Waals surface area contributed by atoms with Crippen LogP contribution in [0.4, 0.5) is 13.2 Å². The third kappa shape index (κ3) is 4.08. The van der Waals surface area contributed by atoms with Crippen LogP contribution < -0.4 is 0 Å². The summed E-state index contributed by atoms with van der Waals surface area (Å²) in [6, 6.07) is 0. The van der Waals surface area contributed by atoms with Crippen molar-refractivity contribution in [3.63, 3.8) is 0 Å². The average molecular weight is 251 g/mol. The number of carboxylic acids is 1. The lowest BCUT2D eigenvalue weighted by Gasteiger charge is -2.32. The molecule has 0 spiro atoms. The van der Waals surface area contributed by atoms with Crippen LogP contribution in [0.2, 0.25) is 0 Å². The van der Waals surface area contributed by atoms with Gasteiger partial charge >= 0.3 is 12.1 Å². The van der Waals surface area contributed by atoms with Gasteiger partial charge in [0.1, 0.15) is 0 Å². The highest BCUT2D eigenvalue weighted by Crippen LogP contribution is 2.34. The number of hydrogen-bond donors (Lipinski definition) is 1. The van der Waals surface area contributed by atoms with Crippen LogP contribution in [0.1, 0.15) is 12.8 Å². The molecule has 17 heavy (non-hydrogen) atoms. The summed E-state index contributed by atoms with van der Waals surface area (Å²) in [7, 11) is 0. The summed E-state index contributed by atoms with van der Waals surface area (Å²) in [5.74, 6) is -3.19. The van der Waals surface area contributed by atoms with E-state index in [1.165, 1.54) is 4.90 Å². The van der Waals surface area contributed by atoms with Gasteiger partial charge in [-0.05, 0) is 12.8 Å². The Hall–Kier alpha value is -1.53. The smallest absolute Gasteiger partial charge is 0.391 e. The quantitative estimate of drug-likeness (QED) is 0.755. The van der Waals surface area contributed by atoms with Crippen molar-refractivity contribution >= 4 is 11.9 Å². The van der Waals surface area contributed by atoms with Gasteiger partial charge in [-0.1, -0.05) is 0 Å². The predicted molar refractivity (Wildman–Crippen MR) is 52.1 cm³/mol. The predicted octanol–water partition coefficient (Wildman–Crippen LogP) is 1.43. The molecule has 1 saturated heterocycles. The number of amides is 1. The van der Waals surface area contributed by atoms with Crippen LogP contribution in [0, 0.1) is 5.92 Å². The number of carbonyl (C=O) groups excluding carboxylic acids is 1. The minimum absolute atomic E-state index is 0.00691. The zero-order valence-electron chi connectivity index (χ0n) is 8.91. The molecule has 1 heterocycles. The number of likely N-dealkylation sites (tertiary alicyclic amines) is 1. The Kier molecular flexibility index (Phi) is 4.14. The van der Waals surface area contributed by atoms with Gasteiger partial charge in [0.2, 0.25) is 5.91 Å². The van der Waals surface area contributed by atoms with Crippen LogP contribution in [0.15, 0.2) is 12.2 Å². The van der Waals surface area contributed by atoms with Gasteiger partial charge in [-0.25, -0.2) is 4.79 Å². The summed E-state index contributed by atoms with van der Waals surface area (Å²) in [5, 5.41) is 8.30. The summed E-state index contributed by atoms with van der Waals surface area (Å²) in [6.07, 6.45) is -2.94. The summed E-state index contributed by atoms with van der Waals surface area (Å²) in [5.41, 5.74) is 0. The van der Waals surface area contributed by atoms with E-state index in [1.807, 2.05) is 0 Å². The van der Waals surface area contributed by atoms with E-state index in [4.69, 9.17) is 5.11 Å². The first-order valence-corrected chi connectivity index (χ1v) is 5.07. The molecule has 1 rings (SSSR count). The number of nitrogens with zero attached hydrogens (tertiary/aromatic N) is 1. The van der Waals surface area contributed by atoms with Gasteiger partial charge in [0, 0.05) is 25.2 Å². The number of piperidine rings is 1. The molecule has 0 aromatic carbocycles. The summed E-state index contributed by atoms with van der Waals surface area (Å²) >= 11 is 0. The van der Waals surface area contributed by atoms with Crippen molar-refractivity contribution in [3.8, 4) is 0 Å². The molecule has 1 aliphatic rings. The molecule has 1 aliphatic heterocycles. The van der Waals surface area contributed by atoms with Crippen molar-refractivity contribution in [2.75, 3.05) is 13.1 Å². The second-order valence-electron chi connectivity index (χ2n) is 3.81. The Bertz CT molecular complexity index is 330. The molecule has 1 fully saturated rings. The zero-order valence-corrected chi connectivity index (χ0v) is 8.91. The Labute approximate surface area is 95.7 Å². The molecule has 7 heteroatoms. The summed E-state index contributed by atoms with van der Waals surface area (Å²) in [6.45, 7) is 0.0138. The minimum atomic E-state index is -4.22. The van der Waals surface area contributed by atoms with Crippen LogP contribution in [0.25, 0.3) is 0 Å². The van der Waals surface area contributed by atoms with Gasteiger partial charge in [-0.15, -0.1) is 0 Å². The monoisotopic (exact) mass is 251 g/mol. The number of carbonyl (C=O) groups is 2. The lowest BCUT2D eigenvalue weighted by atomic mass is 9.96. The van der Waals surface area contributed by atoms with Crippen molar-refractivity contribution in [3.05, 3.63) is 12.2 Å². The zero-order chi connectivity index (χ0) is 13.1. The van der Waals surface area contributed by atoms with E-state index in [0.29, 0.717) is 6.08 Å². The number of rotatable bonds is 2. The van der Waals surface area contributed by atoms with Crippen molar-refractivity contribution in [1.29, 1.82) is 0 Å². The SMILES string of the molecule is O=C(O)/C=C/C(=O)N1CCC(C(F)(F)F)CC1. The Balaban J connectivity index is 2.47. The number of alkyl halides is 3. The molecule has 96 valence electrons. The highest BCUT2D eigenvalue weighted by atomic mass is 19.4. The van der Waals surface area contributed by atoms with Gasteiger partial charge in [0.25, 0.3) is 0 Å². The molecule has 1 N–H and O–H groups in total. The van der Waals surface area contributed by atoms with Crippen molar-refractivity contribution in [2.24, 2.45) is 5.92 Å². The molecule has 0 aliphatic carbocycles. The second-order valence-corrected chi connectivity index (χ2v) is 3.81. The largest absolute Gasteiger partial charge is 0.478 e. The number of aliphatic carboxylic acids is 1. The normalized spacial score (nSPS) is 18.6. The number of hydrogen-bond acceptors (Lipinski definition) is 2. The topological polar surface area (TPSA) is 57.6 Å². The van der Waals surface area contributed by atoms with Gasteiger partial charge in [0.15, 0.2) is 0 Å². The highest BCUT2D eigenvalue weighted by molar-refractivity contribution is 5.93. The molecular weight excluding hydrogens is 239 g/mol. The van der Waals surface area contributed by atoms with E-state index < -0.39 is 24.0 Å². The maximum Gasteiger partial charge on any atom is 0.391 e. The van der Waals surface area contributed by atoms with E-state index in [2.05, 4.69) is 0 Å². The fraction of sp³-hybridized carbons (Fsp3) is 0.600. The van der Waals surface area contributed by atoms with E-state index in [0.717, 1.165) is 6.08 Å². The van der Waals surface area contributed by atoms with E-state index in [-0.39, 0.29) is 25.9 Å². The van der Waals surface area contributed by atoms with Crippen molar-refractivity contribution < 1.29 is 27.9 Å². The van der Waals surface area contributed by atoms with Gasteiger partial charge < -0.3 is 10.0 Å². The van der Waals surface area contributed by atoms with Gasteiger partial charge in [-0.3, -0.25) is 4.79 Å².